The maximum Gasteiger partial charge on any atom is 0.0730 e. The fourth-order valence-electron chi connectivity index (χ4n) is 3.56. The van der Waals surface area contributed by atoms with Gasteiger partial charge in [-0.15, -0.1) is 0 Å². The van der Waals surface area contributed by atoms with E-state index in [4.69, 9.17) is 10.5 Å². The summed E-state index contributed by atoms with van der Waals surface area (Å²) in [6, 6.07) is 9.23. The van der Waals surface area contributed by atoms with E-state index in [0.717, 1.165) is 25.4 Å². The fraction of sp³-hybridized carbons (Fsp3) is 0.647. The summed E-state index contributed by atoms with van der Waals surface area (Å²) in [7, 11) is 0. The highest BCUT2D eigenvalue weighted by atomic mass is 16.5. The van der Waals surface area contributed by atoms with Crippen molar-refractivity contribution in [2.75, 3.05) is 0 Å². The van der Waals surface area contributed by atoms with Crippen molar-refractivity contribution in [3.8, 4) is 0 Å². The molecule has 0 amide bonds. The van der Waals surface area contributed by atoms with Gasteiger partial charge in [-0.25, -0.2) is 0 Å². The van der Waals surface area contributed by atoms with Crippen LogP contribution in [0.25, 0.3) is 0 Å². The lowest BCUT2D eigenvalue weighted by Crippen LogP contribution is -2.31. The molecule has 2 aliphatic rings. The predicted molar refractivity (Wildman–Crippen MR) is 78.1 cm³/mol. The monoisotopic (exact) mass is 259 g/mol. The molecule has 19 heavy (non-hydrogen) atoms. The van der Waals surface area contributed by atoms with E-state index in [0.29, 0.717) is 0 Å². The zero-order valence-electron chi connectivity index (χ0n) is 11.7. The van der Waals surface area contributed by atoms with Crippen molar-refractivity contribution in [1.29, 1.82) is 0 Å². The molecule has 3 rings (SSSR count). The highest BCUT2D eigenvalue weighted by Crippen LogP contribution is 2.34. The van der Waals surface area contributed by atoms with Gasteiger partial charge >= 0.3 is 0 Å². The zero-order chi connectivity index (χ0) is 13.1. The van der Waals surface area contributed by atoms with E-state index < -0.39 is 0 Å². The molecule has 2 heteroatoms. The highest BCUT2D eigenvalue weighted by Gasteiger charge is 2.24. The third-order valence-corrected chi connectivity index (χ3v) is 4.75. The van der Waals surface area contributed by atoms with Gasteiger partial charge in [-0.2, -0.15) is 0 Å². The van der Waals surface area contributed by atoms with Crippen LogP contribution in [0.15, 0.2) is 24.3 Å². The molecule has 2 saturated carbocycles. The quantitative estimate of drug-likeness (QED) is 0.894. The number of rotatable bonds is 4. The molecule has 0 radical (unpaired) electrons. The number of hydrogen-bond acceptors (Lipinski definition) is 2. The van der Waals surface area contributed by atoms with Crippen LogP contribution in [0.2, 0.25) is 0 Å². The summed E-state index contributed by atoms with van der Waals surface area (Å²) < 4.78 is 5.99. The van der Waals surface area contributed by atoms with Gasteiger partial charge in [0.1, 0.15) is 0 Å². The summed E-state index contributed by atoms with van der Waals surface area (Å²) >= 11 is 0. The summed E-state index contributed by atoms with van der Waals surface area (Å²) in [6.45, 7) is 0.721. The Morgan fingerprint density at radius 1 is 1.05 bits per heavy atom. The Labute approximate surface area is 116 Å². The Hall–Kier alpha value is -0.860. The van der Waals surface area contributed by atoms with E-state index in [9.17, 15) is 0 Å². The minimum absolute atomic E-state index is 0.248. The average molecular weight is 259 g/mol. The molecule has 0 spiro atoms. The summed E-state index contributed by atoms with van der Waals surface area (Å²) in [6.07, 6.45) is 9.24. The SMILES string of the molecule is N[C@H]1CCC[C@@H]1OCc1cccc(C2CCCC2)c1. The number of benzene rings is 1. The molecule has 2 N–H and O–H groups in total. The minimum atomic E-state index is 0.248. The molecule has 0 saturated heterocycles. The molecule has 2 aliphatic carbocycles. The van der Waals surface area contributed by atoms with E-state index in [-0.39, 0.29) is 12.1 Å². The molecule has 0 bridgehead atoms. The Bertz CT molecular complexity index is 411. The van der Waals surface area contributed by atoms with Crippen LogP contribution in [0.1, 0.15) is 62.0 Å². The van der Waals surface area contributed by atoms with Crippen LogP contribution in [-0.2, 0) is 11.3 Å². The smallest absolute Gasteiger partial charge is 0.0730 e. The minimum Gasteiger partial charge on any atom is -0.372 e. The van der Waals surface area contributed by atoms with Gasteiger partial charge in [0.15, 0.2) is 0 Å². The van der Waals surface area contributed by atoms with E-state index in [1.54, 1.807) is 0 Å². The molecule has 0 aromatic heterocycles. The Morgan fingerprint density at radius 3 is 2.63 bits per heavy atom. The molecule has 0 unspecified atom stereocenters. The summed E-state index contributed by atoms with van der Waals surface area (Å²) in [5, 5.41) is 0. The van der Waals surface area contributed by atoms with E-state index in [1.807, 2.05) is 0 Å². The predicted octanol–water partition coefficient (Wildman–Crippen LogP) is 3.74. The molecule has 104 valence electrons. The molecule has 2 nitrogen and oxygen atoms in total. The molecular weight excluding hydrogens is 234 g/mol. The van der Waals surface area contributed by atoms with Gasteiger partial charge in [-0.05, 0) is 49.1 Å². The third-order valence-electron chi connectivity index (χ3n) is 4.75. The Kier molecular flexibility index (Phi) is 4.19. The van der Waals surface area contributed by atoms with E-state index in [1.165, 1.54) is 43.2 Å². The van der Waals surface area contributed by atoms with Crippen LogP contribution in [0.4, 0.5) is 0 Å². The van der Waals surface area contributed by atoms with Crippen molar-refractivity contribution in [2.24, 2.45) is 5.73 Å². The molecule has 0 aliphatic heterocycles. The van der Waals surface area contributed by atoms with Crippen LogP contribution < -0.4 is 5.73 Å². The van der Waals surface area contributed by atoms with Crippen LogP contribution in [0.5, 0.6) is 0 Å². The Balaban J connectivity index is 1.59. The van der Waals surface area contributed by atoms with Crippen molar-refractivity contribution < 1.29 is 4.74 Å². The van der Waals surface area contributed by atoms with Crippen LogP contribution in [-0.4, -0.2) is 12.1 Å². The van der Waals surface area contributed by atoms with Crippen molar-refractivity contribution in [3.63, 3.8) is 0 Å². The lowest BCUT2D eigenvalue weighted by atomic mass is 9.96. The van der Waals surface area contributed by atoms with E-state index in [2.05, 4.69) is 24.3 Å². The van der Waals surface area contributed by atoms with E-state index >= 15 is 0 Å². The first-order valence-corrected chi connectivity index (χ1v) is 7.79. The molecule has 1 aromatic rings. The molecule has 2 fully saturated rings. The second-order valence-corrected chi connectivity index (χ2v) is 6.17. The largest absolute Gasteiger partial charge is 0.372 e. The van der Waals surface area contributed by atoms with Crippen molar-refractivity contribution in [1.82, 2.24) is 0 Å². The van der Waals surface area contributed by atoms with Gasteiger partial charge in [-0.3, -0.25) is 0 Å². The maximum absolute atomic E-state index is 6.05. The van der Waals surface area contributed by atoms with Crippen LogP contribution >= 0.6 is 0 Å². The number of ether oxygens (including phenoxy) is 1. The van der Waals surface area contributed by atoms with Gasteiger partial charge in [-0.1, -0.05) is 37.1 Å². The first-order chi connectivity index (χ1) is 9.33. The van der Waals surface area contributed by atoms with Crippen molar-refractivity contribution in [3.05, 3.63) is 35.4 Å². The van der Waals surface area contributed by atoms with Crippen molar-refractivity contribution in [2.45, 2.75) is 69.6 Å². The number of nitrogens with two attached hydrogens (primary N) is 1. The second kappa shape index (κ2) is 6.06. The van der Waals surface area contributed by atoms with Gasteiger partial charge in [0, 0.05) is 6.04 Å². The average Bonchev–Trinajstić information content (AvgIpc) is 3.08. The number of hydrogen-bond donors (Lipinski definition) is 1. The normalized spacial score (nSPS) is 28.1. The topological polar surface area (TPSA) is 35.2 Å². The second-order valence-electron chi connectivity index (χ2n) is 6.17. The zero-order valence-corrected chi connectivity index (χ0v) is 11.7. The molecule has 0 heterocycles. The lowest BCUT2D eigenvalue weighted by molar-refractivity contribution is 0.0357. The lowest BCUT2D eigenvalue weighted by Gasteiger charge is -2.17. The van der Waals surface area contributed by atoms with Gasteiger partial charge < -0.3 is 10.5 Å². The third kappa shape index (κ3) is 3.18. The summed E-state index contributed by atoms with van der Waals surface area (Å²) in [5.41, 5.74) is 8.87. The first kappa shape index (κ1) is 13.1. The highest BCUT2D eigenvalue weighted by molar-refractivity contribution is 5.26. The maximum atomic E-state index is 6.05. The molecular formula is C17H25NO. The van der Waals surface area contributed by atoms with Gasteiger partial charge in [0.25, 0.3) is 0 Å². The first-order valence-electron chi connectivity index (χ1n) is 7.79. The van der Waals surface area contributed by atoms with Gasteiger partial charge in [0.05, 0.1) is 12.7 Å². The standard InChI is InChI=1S/C17H25NO/c18-16-9-4-10-17(16)19-12-13-5-3-8-15(11-13)14-6-1-2-7-14/h3,5,8,11,14,16-17H,1-2,4,6-7,9-10,12,18H2/t16-,17-/m0/s1. The summed E-state index contributed by atoms with van der Waals surface area (Å²) in [5.74, 6) is 0.786. The Morgan fingerprint density at radius 2 is 1.89 bits per heavy atom. The van der Waals surface area contributed by atoms with Crippen molar-refractivity contribution >= 4 is 0 Å². The molecule has 1 aromatic carbocycles. The van der Waals surface area contributed by atoms with Crippen LogP contribution in [0.3, 0.4) is 0 Å². The fourth-order valence-corrected chi connectivity index (χ4v) is 3.56. The molecule has 2 atom stereocenters. The van der Waals surface area contributed by atoms with Gasteiger partial charge in [0.2, 0.25) is 0 Å². The van der Waals surface area contributed by atoms with Crippen LogP contribution in [0, 0.1) is 0 Å². The summed E-state index contributed by atoms with van der Waals surface area (Å²) in [4.78, 5) is 0.